The molecule has 0 bridgehead atoms. The van der Waals surface area contributed by atoms with Gasteiger partial charge in [-0.25, -0.2) is 0 Å². The predicted octanol–water partition coefficient (Wildman–Crippen LogP) is 3.60. The zero-order valence-electron chi connectivity index (χ0n) is 13.9. The van der Waals surface area contributed by atoms with E-state index in [-0.39, 0.29) is 21.2 Å². The van der Waals surface area contributed by atoms with Gasteiger partial charge in [0.05, 0.1) is 21.6 Å². The summed E-state index contributed by atoms with van der Waals surface area (Å²) in [6.07, 6.45) is 4.20. The summed E-state index contributed by atoms with van der Waals surface area (Å²) < 4.78 is 0. The number of halogens is 2. The van der Waals surface area contributed by atoms with Crippen LogP contribution in [0.5, 0.6) is 0 Å². The summed E-state index contributed by atoms with van der Waals surface area (Å²) in [7, 11) is 0. The van der Waals surface area contributed by atoms with Gasteiger partial charge in [0.25, 0.3) is 5.91 Å². The van der Waals surface area contributed by atoms with Crippen molar-refractivity contribution in [3.63, 3.8) is 0 Å². The minimum absolute atomic E-state index is 0.0351. The Hall–Kier alpha value is -2.89. The highest BCUT2D eigenvalue weighted by Crippen LogP contribution is 2.26. The van der Waals surface area contributed by atoms with Gasteiger partial charge < -0.3 is 15.2 Å². The van der Waals surface area contributed by atoms with Crippen LogP contribution in [0.15, 0.2) is 60.9 Å². The molecule has 2 aromatic carbocycles. The number of carbonyl (C=O) groups is 2. The van der Waals surface area contributed by atoms with Crippen LogP contribution in [0.1, 0.15) is 31.8 Å². The maximum atomic E-state index is 12.5. The number of carbonyl (C=O) groups excluding carboxylic acids is 2. The first kappa shape index (κ1) is 18.9. The van der Waals surface area contributed by atoms with Gasteiger partial charge >= 0.3 is 0 Å². The van der Waals surface area contributed by atoms with Crippen molar-refractivity contribution in [2.24, 2.45) is 0 Å². The first-order valence-corrected chi connectivity index (χ1v) is 8.69. The first-order valence-electron chi connectivity index (χ1n) is 7.93. The topological polar surface area (TPSA) is 82.1 Å². The van der Waals surface area contributed by atoms with Gasteiger partial charge in [-0.1, -0.05) is 35.3 Å². The molecule has 0 aliphatic rings. The molecule has 0 saturated carbocycles. The molecule has 5 nitrogen and oxygen atoms in total. The number of hydrogen-bond acceptors (Lipinski definition) is 4. The van der Waals surface area contributed by atoms with Gasteiger partial charge in [0.15, 0.2) is 0 Å². The molecule has 0 atom stereocenters. The second kappa shape index (κ2) is 8.20. The van der Waals surface area contributed by atoms with Crippen molar-refractivity contribution in [3.8, 4) is 0 Å². The molecular weight excluding hydrogens is 387 g/mol. The second-order valence-electron chi connectivity index (χ2n) is 5.78. The molecule has 0 spiro atoms. The van der Waals surface area contributed by atoms with Crippen molar-refractivity contribution >= 4 is 40.8 Å². The summed E-state index contributed by atoms with van der Waals surface area (Å²) in [6, 6.07) is 13.4. The van der Waals surface area contributed by atoms with Gasteiger partial charge in [-0.2, -0.15) is 0 Å². The molecule has 1 N–H and O–H groups in total. The number of hydrogen-bond donors (Lipinski definition) is 1. The fourth-order valence-corrected chi connectivity index (χ4v) is 2.87. The third-order valence-corrected chi connectivity index (χ3v) is 4.62. The third kappa shape index (κ3) is 4.64. The van der Waals surface area contributed by atoms with Crippen molar-refractivity contribution in [2.45, 2.75) is 6.42 Å². The zero-order chi connectivity index (χ0) is 19.4. The molecule has 1 aromatic heterocycles. The number of carboxylic acids is 1. The molecule has 0 radical (unpaired) electrons. The number of nitrogens with zero attached hydrogens (tertiary/aromatic N) is 1. The van der Waals surface area contributed by atoms with Crippen LogP contribution in [0.2, 0.25) is 10.0 Å². The lowest BCUT2D eigenvalue weighted by atomic mass is 10.1. The molecule has 0 saturated heterocycles. The van der Waals surface area contributed by atoms with E-state index >= 15 is 0 Å². The van der Waals surface area contributed by atoms with Crippen LogP contribution < -0.4 is 10.4 Å². The van der Waals surface area contributed by atoms with E-state index in [9.17, 15) is 14.7 Å². The van der Waals surface area contributed by atoms with E-state index in [0.717, 1.165) is 23.6 Å². The average Bonchev–Trinajstić information content (AvgIpc) is 2.66. The van der Waals surface area contributed by atoms with Crippen LogP contribution in [0.3, 0.4) is 0 Å². The van der Waals surface area contributed by atoms with Gasteiger partial charge in [-0.15, -0.1) is 0 Å². The molecule has 0 unspecified atom stereocenters. The number of pyridine rings is 1. The molecule has 27 heavy (non-hydrogen) atoms. The highest BCUT2D eigenvalue weighted by molar-refractivity contribution is 6.42. The van der Waals surface area contributed by atoms with Gasteiger partial charge in [0.2, 0.25) is 0 Å². The smallest absolute Gasteiger partial charge is 0.256 e. The molecule has 3 aromatic rings. The Bertz CT molecular complexity index is 990. The number of anilines is 1. The average molecular weight is 400 g/mol. The molecule has 136 valence electrons. The molecule has 0 aliphatic heterocycles. The lowest BCUT2D eigenvalue weighted by Crippen LogP contribution is -2.26. The van der Waals surface area contributed by atoms with Crippen molar-refractivity contribution in [2.75, 3.05) is 5.32 Å². The van der Waals surface area contributed by atoms with E-state index < -0.39 is 11.9 Å². The number of aromatic nitrogens is 1. The Morgan fingerprint density at radius 1 is 0.889 bits per heavy atom. The van der Waals surface area contributed by atoms with E-state index in [1.165, 1.54) is 6.07 Å². The maximum Gasteiger partial charge on any atom is 0.256 e. The minimum atomic E-state index is -1.51. The summed E-state index contributed by atoms with van der Waals surface area (Å²) in [4.78, 5) is 27.7. The van der Waals surface area contributed by atoms with E-state index in [2.05, 4.69) is 10.3 Å². The first-order chi connectivity index (χ1) is 12.9. The van der Waals surface area contributed by atoms with Crippen LogP contribution >= 0.6 is 23.2 Å². The minimum Gasteiger partial charge on any atom is -0.545 e. The molecule has 1 heterocycles. The molecule has 3 rings (SSSR count). The lowest BCUT2D eigenvalue weighted by molar-refractivity contribution is -0.255. The van der Waals surface area contributed by atoms with Gasteiger partial charge in [0, 0.05) is 23.6 Å². The van der Waals surface area contributed by atoms with E-state index in [1.54, 1.807) is 24.5 Å². The van der Waals surface area contributed by atoms with E-state index in [1.807, 2.05) is 24.3 Å². The normalized spacial score (nSPS) is 10.4. The highest BCUT2D eigenvalue weighted by atomic mass is 35.5. The van der Waals surface area contributed by atoms with Gasteiger partial charge in [0.1, 0.15) is 0 Å². The molecule has 1 amide bonds. The number of nitrogens with one attached hydrogen (secondary N) is 1. The van der Waals surface area contributed by atoms with Crippen LogP contribution in [0, 0.1) is 0 Å². The number of amides is 1. The van der Waals surface area contributed by atoms with E-state index in [0.29, 0.717) is 5.69 Å². The number of aromatic carboxylic acids is 1. The Balaban J connectivity index is 1.77. The Kier molecular flexibility index (Phi) is 5.74. The Morgan fingerprint density at radius 3 is 2.04 bits per heavy atom. The summed E-state index contributed by atoms with van der Waals surface area (Å²) in [6.45, 7) is 0. The van der Waals surface area contributed by atoms with Crippen molar-refractivity contribution in [3.05, 3.63) is 93.2 Å². The summed E-state index contributed by atoms with van der Waals surface area (Å²) in [5.74, 6) is -2.12. The van der Waals surface area contributed by atoms with Crippen molar-refractivity contribution < 1.29 is 14.7 Å². The number of carboxylic acid groups (broad SMARTS) is 1. The Morgan fingerprint density at radius 2 is 1.44 bits per heavy atom. The summed E-state index contributed by atoms with van der Waals surface area (Å²) >= 11 is 11.7. The fraction of sp³-hybridized carbons (Fsp3) is 0.0500. The van der Waals surface area contributed by atoms with Crippen molar-refractivity contribution in [1.82, 2.24) is 4.98 Å². The SMILES string of the molecule is O=C([O-])c1cc(Cl)c(Cl)cc1C(=O)Nc1ccc(Cc2ccncc2)cc1. The lowest BCUT2D eigenvalue weighted by Gasteiger charge is -2.13. The molecule has 0 fully saturated rings. The number of rotatable bonds is 5. The van der Waals surface area contributed by atoms with Gasteiger partial charge in [-0.05, 0) is 53.9 Å². The molecular formula is C20H13Cl2N2O3-. The summed E-state index contributed by atoms with van der Waals surface area (Å²) in [5, 5.41) is 14.0. The maximum absolute atomic E-state index is 12.5. The largest absolute Gasteiger partial charge is 0.545 e. The monoisotopic (exact) mass is 399 g/mol. The number of benzene rings is 2. The standard InChI is InChI=1S/C20H14Cl2N2O3/c21-17-10-15(16(20(26)27)11-18(17)22)19(25)24-14-3-1-12(2-4-14)9-13-5-7-23-8-6-13/h1-8,10-11H,9H2,(H,24,25)(H,26,27)/p-1. The second-order valence-corrected chi connectivity index (χ2v) is 6.60. The van der Waals surface area contributed by atoms with Crippen molar-refractivity contribution in [1.29, 1.82) is 0 Å². The Labute approximate surface area is 165 Å². The van der Waals surface area contributed by atoms with Crippen LogP contribution in [-0.2, 0) is 6.42 Å². The van der Waals surface area contributed by atoms with Crippen LogP contribution in [0.4, 0.5) is 5.69 Å². The third-order valence-electron chi connectivity index (χ3n) is 3.89. The van der Waals surface area contributed by atoms with E-state index in [4.69, 9.17) is 23.2 Å². The molecule has 0 aliphatic carbocycles. The van der Waals surface area contributed by atoms with Gasteiger partial charge in [-0.3, -0.25) is 9.78 Å². The van der Waals surface area contributed by atoms with Crippen LogP contribution in [-0.4, -0.2) is 16.9 Å². The highest BCUT2D eigenvalue weighted by Gasteiger charge is 2.15. The molecule has 7 heteroatoms. The summed E-state index contributed by atoms with van der Waals surface area (Å²) in [5.41, 5.74) is 2.26. The quantitative estimate of drug-likeness (QED) is 0.710. The predicted molar refractivity (Wildman–Crippen MR) is 102 cm³/mol. The van der Waals surface area contributed by atoms with Crippen LogP contribution in [0.25, 0.3) is 0 Å². The fourth-order valence-electron chi connectivity index (χ4n) is 2.54. The zero-order valence-corrected chi connectivity index (χ0v) is 15.4.